The van der Waals surface area contributed by atoms with Gasteiger partial charge in [-0.3, -0.25) is 4.79 Å². The number of ether oxygens (including phenoxy) is 1. The summed E-state index contributed by atoms with van der Waals surface area (Å²) in [6.07, 6.45) is 0.931. The molecule has 0 bridgehead atoms. The fourth-order valence-electron chi connectivity index (χ4n) is 4.79. The van der Waals surface area contributed by atoms with E-state index >= 15 is 0 Å². The summed E-state index contributed by atoms with van der Waals surface area (Å²) in [6, 6.07) is 14.3. The van der Waals surface area contributed by atoms with Crippen molar-refractivity contribution < 1.29 is 18.7 Å². The van der Waals surface area contributed by atoms with Crippen LogP contribution in [0.4, 0.5) is 10.1 Å². The Hall–Kier alpha value is -3.41. The van der Waals surface area contributed by atoms with Crippen molar-refractivity contribution in [3.63, 3.8) is 0 Å². The largest absolute Gasteiger partial charge is 0.463 e. The molecule has 0 radical (unpaired) electrons. The molecule has 4 rings (SSSR count). The van der Waals surface area contributed by atoms with E-state index in [4.69, 9.17) is 4.74 Å². The zero-order chi connectivity index (χ0) is 23.7. The molecule has 172 valence electrons. The van der Waals surface area contributed by atoms with Crippen molar-refractivity contribution in [3.05, 3.63) is 88.0 Å². The highest BCUT2D eigenvalue weighted by Crippen LogP contribution is 2.45. The maximum Gasteiger partial charge on any atom is 0.336 e. The number of halogens is 1. The van der Waals surface area contributed by atoms with E-state index in [2.05, 4.69) is 5.32 Å². The van der Waals surface area contributed by atoms with Crippen LogP contribution in [0.2, 0.25) is 0 Å². The molecule has 0 amide bonds. The van der Waals surface area contributed by atoms with Crippen molar-refractivity contribution >= 4 is 17.4 Å². The molecule has 2 atom stereocenters. The monoisotopic (exact) mass is 448 g/mol. The van der Waals surface area contributed by atoms with Crippen molar-refractivity contribution in [2.45, 2.75) is 38.5 Å². The molecule has 0 aromatic heterocycles. The van der Waals surface area contributed by atoms with Crippen LogP contribution in [-0.4, -0.2) is 32.5 Å². The van der Waals surface area contributed by atoms with Crippen molar-refractivity contribution in [3.8, 4) is 0 Å². The topological polar surface area (TPSA) is 58.6 Å². The number of nitrogens with one attached hydrogen (secondary N) is 1. The Bertz CT molecular complexity index is 1130. The normalized spacial score (nSPS) is 20.3. The number of ketones is 1. The number of Topliss-reactive ketones (excluding diaryl/α,β-unsaturated/α-hetero) is 1. The number of hydrogen-bond donors (Lipinski definition) is 1. The van der Waals surface area contributed by atoms with Crippen LogP contribution in [0, 0.1) is 5.82 Å². The first-order valence-corrected chi connectivity index (χ1v) is 11.2. The molecule has 1 aliphatic carbocycles. The van der Waals surface area contributed by atoms with E-state index in [1.165, 1.54) is 12.1 Å². The zero-order valence-electron chi connectivity index (χ0n) is 19.4. The SMILES string of the molecule is CCOC(=O)C1=C(C)NC2=C(C(=O)C[C@H](c3ccc(F)cc3)C2)[C@@H]1c1ccc(N(C)C)cc1. The minimum Gasteiger partial charge on any atom is -0.463 e. The molecule has 0 saturated carbocycles. The van der Waals surface area contributed by atoms with E-state index in [9.17, 15) is 14.0 Å². The molecule has 0 saturated heterocycles. The molecule has 5 nitrogen and oxygen atoms in total. The minimum atomic E-state index is -0.488. The Morgan fingerprint density at radius 3 is 2.30 bits per heavy atom. The summed E-state index contributed by atoms with van der Waals surface area (Å²) >= 11 is 0. The standard InChI is InChI=1S/C27H29FN2O3/c1-5-33-27(32)24-16(2)29-22-14-19(17-6-10-20(28)11-7-17)15-23(31)26(22)25(24)18-8-12-21(13-9-18)30(3)4/h6-13,19,25,29H,5,14-15H2,1-4H3/t19-,25-/m1/s1. The number of esters is 1. The maximum atomic E-state index is 13.5. The van der Waals surface area contributed by atoms with Gasteiger partial charge in [-0.15, -0.1) is 0 Å². The first-order chi connectivity index (χ1) is 15.8. The van der Waals surface area contributed by atoms with Crippen LogP contribution in [0.3, 0.4) is 0 Å². The predicted molar refractivity (Wildman–Crippen MR) is 126 cm³/mol. The highest BCUT2D eigenvalue weighted by Gasteiger charge is 2.41. The molecule has 0 unspecified atom stereocenters. The Labute approximate surface area is 193 Å². The lowest BCUT2D eigenvalue weighted by Gasteiger charge is -2.36. The lowest BCUT2D eigenvalue weighted by Crippen LogP contribution is -2.36. The van der Waals surface area contributed by atoms with Crippen molar-refractivity contribution in [2.24, 2.45) is 0 Å². The van der Waals surface area contributed by atoms with Crippen molar-refractivity contribution in [2.75, 3.05) is 25.6 Å². The number of carbonyl (C=O) groups is 2. The molecular weight excluding hydrogens is 419 g/mol. The van der Waals surface area contributed by atoms with Gasteiger partial charge in [0.05, 0.1) is 12.2 Å². The van der Waals surface area contributed by atoms with Gasteiger partial charge >= 0.3 is 5.97 Å². The number of dihydropyridines is 1. The lowest BCUT2D eigenvalue weighted by atomic mass is 9.71. The number of carbonyl (C=O) groups excluding carboxylic acids is 2. The lowest BCUT2D eigenvalue weighted by molar-refractivity contribution is -0.138. The summed E-state index contributed by atoms with van der Waals surface area (Å²) in [5, 5.41) is 3.33. The van der Waals surface area contributed by atoms with Gasteiger partial charge in [0.25, 0.3) is 0 Å². The van der Waals surface area contributed by atoms with Gasteiger partial charge in [-0.25, -0.2) is 9.18 Å². The number of nitrogens with zero attached hydrogens (tertiary/aromatic N) is 1. The third kappa shape index (κ3) is 4.42. The average molecular weight is 449 g/mol. The molecule has 2 aromatic rings. The van der Waals surface area contributed by atoms with Gasteiger partial charge in [-0.1, -0.05) is 24.3 Å². The first-order valence-electron chi connectivity index (χ1n) is 11.2. The van der Waals surface area contributed by atoms with Crippen LogP contribution in [0.5, 0.6) is 0 Å². The number of anilines is 1. The highest BCUT2D eigenvalue weighted by atomic mass is 19.1. The molecule has 1 N–H and O–H groups in total. The molecule has 33 heavy (non-hydrogen) atoms. The number of benzene rings is 2. The van der Waals surface area contributed by atoms with Crippen LogP contribution in [0.25, 0.3) is 0 Å². The van der Waals surface area contributed by atoms with E-state index in [-0.39, 0.29) is 24.1 Å². The summed E-state index contributed by atoms with van der Waals surface area (Å²) in [6.45, 7) is 3.88. The summed E-state index contributed by atoms with van der Waals surface area (Å²) in [7, 11) is 3.93. The van der Waals surface area contributed by atoms with Crippen LogP contribution in [-0.2, 0) is 14.3 Å². The van der Waals surface area contributed by atoms with E-state index in [0.717, 1.165) is 22.5 Å². The summed E-state index contributed by atoms with van der Waals surface area (Å²) < 4.78 is 18.8. The highest BCUT2D eigenvalue weighted by molar-refractivity contribution is 6.04. The van der Waals surface area contributed by atoms with Crippen LogP contribution >= 0.6 is 0 Å². The zero-order valence-corrected chi connectivity index (χ0v) is 19.4. The second kappa shape index (κ2) is 9.22. The summed E-state index contributed by atoms with van der Waals surface area (Å²) in [4.78, 5) is 28.5. The number of allylic oxidation sites excluding steroid dienone is 3. The quantitative estimate of drug-likeness (QED) is 0.665. The fourth-order valence-corrected chi connectivity index (χ4v) is 4.79. The number of rotatable bonds is 5. The Balaban J connectivity index is 1.78. The van der Waals surface area contributed by atoms with Gasteiger partial charge in [0.1, 0.15) is 5.82 Å². The van der Waals surface area contributed by atoms with Gasteiger partial charge in [0.15, 0.2) is 5.78 Å². The van der Waals surface area contributed by atoms with Gasteiger partial charge in [0.2, 0.25) is 0 Å². The molecule has 1 heterocycles. The van der Waals surface area contributed by atoms with Crippen LogP contribution < -0.4 is 10.2 Å². The molecular formula is C27H29FN2O3. The Morgan fingerprint density at radius 1 is 1.06 bits per heavy atom. The third-order valence-electron chi connectivity index (χ3n) is 6.41. The molecule has 6 heteroatoms. The van der Waals surface area contributed by atoms with E-state index in [0.29, 0.717) is 29.7 Å². The van der Waals surface area contributed by atoms with Gasteiger partial charge < -0.3 is 15.0 Å². The third-order valence-corrected chi connectivity index (χ3v) is 6.41. The second-order valence-electron chi connectivity index (χ2n) is 8.78. The molecule has 2 aromatic carbocycles. The first kappa shape index (κ1) is 22.8. The van der Waals surface area contributed by atoms with Crippen molar-refractivity contribution in [1.82, 2.24) is 5.32 Å². The molecule has 0 spiro atoms. The molecule has 0 fully saturated rings. The second-order valence-corrected chi connectivity index (χ2v) is 8.78. The predicted octanol–water partition coefficient (Wildman–Crippen LogP) is 4.82. The van der Waals surface area contributed by atoms with Crippen LogP contribution in [0.1, 0.15) is 49.7 Å². The average Bonchev–Trinajstić information content (AvgIpc) is 2.78. The van der Waals surface area contributed by atoms with Crippen molar-refractivity contribution in [1.29, 1.82) is 0 Å². The van der Waals surface area contributed by atoms with Gasteiger partial charge in [0, 0.05) is 49.1 Å². The maximum absolute atomic E-state index is 13.5. The Kier molecular flexibility index (Phi) is 6.36. The minimum absolute atomic E-state index is 0.00550. The van der Waals surface area contributed by atoms with E-state index < -0.39 is 11.9 Å². The smallest absolute Gasteiger partial charge is 0.336 e. The Morgan fingerprint density at radius 2 is 1.70 bits per heavy atom. The van der Waals surface area contributed by atoms with E-state index in [1.54, 1.807) is 19.1 Å². The molecule has 1 aliphatic heterocycles. The summed E-state index contributed by atoms with van der Waals surface area (Å²) in [5.74, 6) is -1.25. The van der Waals surface area contributed by atoms with E-state index in [1.807, 2.05) is 50.2 Å². The fraction of sp³-hybridized carbons (Fsp3) is 0.333. The van der Waals surface area contributed by atoms with Gasteiger partial charge in [-0.2, -0.15) is 0 Å². The molecule has 2 aliphatic rings. The summed E-state index contributed by atoms with van der Waals surface area (Å²) in [5.41, 5.74) is 5.47. The van der Waals surface area contributed by atoms with Gasteiger partial charge in [-0.05, 0) is 61.6 Å². The van der Waals surface area contributed by atoms with Crippen LogP contribution in [0.15, 0.2) is 71.1 Å². The number of hydrogen-bond acceptors (Lipinski definition) is 5.